The van der Waals surface area contributed by atoms with Crippen molar-refractivity contribution in [3.8, 4) is 0 Å². The number of esters is 1. The minimum atomic E-state index is -2.74. The van der Waals surface area contributed by atoms with Crippen LogP contribution in [0, 0.1) is 11.8 Å². The number of rotatable bonds is 13. The van der Waals surface area contributed by atoms with Crippen LogP contribution in [-0.2, 0) is 33.5 Å². The molecule has 0 heterocycles. The van der Waals surface area contributed by atoms with Gasteiger partial charge < -0.3 is 41.9 Å². The molecular weight excluding hydrogens is 494 g/mol. The number of amides is 1. The van der Waals surface area contributed by atoms with Gasteiger partial charge in [0, 0.05) is 5.92 Å². The van der Waals surface area contributed by atoms with E-state index in [9.17, 15) is 28.8 Å². The molecule has 212 valence electrons. The van der Waals surface area contributed by atoms with Crippen LogP contribution in [0.3, 0.4) is 0 Å². The average Bonchev–Trinajstić information content (AvgIpc) is 3.14. The molecule has 0 saturated heterocycles. The molecule has 14 heteroatoms. The number of aliphatic carboxylic acids is 3. The van der Waals surface area contributed by atoms with E-state index in [0.717, 1.165) is 0 Å². The summed E-state index contributed by atoms with van der Waals surface area (Å²) in [6.07, 6.45) is -0.134. The van der Waals surface area contributed by atoms with Crippen molar-refractivity contribution in [2.75, 3.05) is 6.61 Å². The second-order valence-corrected chi connectivity index (χ2v) is 9.55. The molecule has 1 rings (SSSR count). The Bertz CT molecular complexity index is 845. The van der Waals surface area contributed by atoms with Crippen LogP contribution in [0.25, 0.3) is 0 Å². The van der Waals surface area contributed by atoms with Gasteiger partial charge in [0.2, 0.25) is 5.91 Å². The van der Waals surface area contributed by atoms with Gasteiger partial charge in [-0.25, -0.2) is 4.79 Å². The zero-order valence-corrected chi connectivity index (χ0v) is 21.6. The zero-order valence-electron chi connectivity index (χ0n) is 21.6. The normalized spacial score (nSPS) is 20.7. The molecule has 1 amide bonds. The number of hydrogen-bond acceptors (Lipinski definition) is 10. The van der Waals surface area contributed by atoms with E-state index in [2.05, 4.69) is 5.32 Å². The third kappa shape index (κ3) is 10.4. The van der Waals surface area contributed by atoms with Crippen molar-refractivity contribution < 1.29 is 53.9 Å². The van der Waals surface area contributed by atoms with Gasteiger partial charge in [0.15, 0.2) is 11.4 Å². The van der Waals surface area contributed by atoms with Gasteiger partial charge in [0.05, 0.1) is 31.5 Å². The lowest BCUT2D eigenvalue weighted by molar-refractivity contribution is -0.170. The van der Waals surface area contributed by atoms with Gasteiger partial charge in [-0.2, -0.15) is 0 Å². The Hall–Kier alpha value is -3.10. The number of carbonyl (C=O) groups is 6. The molecule has 2 unspecified atom stereocenters. The van der Waals surface area contributed by atoms with Crippen LogP contribution in [0.4, 0.5) is 0 Å². The number of ether oxygens (including phenoxy) is 1. The number of aliphatic hydroxyl groups is 1. The van der Waals surface area contributed by atoms with E-state index in [1.54, 1.807) is 13.8 Å². The van der Waals surface area contributed by atoms with Crippen LogP contribution in [-0.4, -0.2) is 85.8 Å². The second kappa shape index (κ2) is 14.6. The predicted molar refractivity (Wildman–Crippen MR) is 128 cm³/mol. The topological polar surface area (TPSA) is 257 Å². The van der Waals surface area contributed by atoms with Gasteiger partial charge in [0.1, 0.15) is 5.54 Å². The fourth-order valence-electron chi connectivity index (χ4n) is 3.96. The van der Waals surface area contributed by atoms with Gasteiger partial charge in [0.25, 0.3) is 0 Å². The molecule has 0 aromatic heterocycles. The largest absolute Gasteiger partial charge is 0.481 e. The number of ketones is 1. The number of carbonyl (C=O) groups excluding carboxylic acids is 3. The zero-order chi connectivity index (χ0) is 29.1. The second-order valence-electron chi connectivity index (χ2n) is 9.55. The minimum Gasteiger partial charge on any atom is -0.481 e. The summed E-state index contributed by atoms with van der Waals surface area (Å²) in [7, 11) is 0. The molecule has 1 aliphatic rings. The van der Waals surface area contributed by atoms with E-state index in [-0.39, 0.29) is 24.2 Å². The predicted octanol–water partition coefficient (Wildman–Crippen LogP) is -0.754. The molecule has 0 aromatic carbocycles. The number of nitrogens with two attached hydrogens (primary N) is 2. The van der Waals surface area contributed by atoms with Crippen molar-refractivity contribution in [1.29, 1.82) is 0 Å². The molecule has 0 aromatic rings. The number of hydrogen-bond donors (Lipinski definition) is 7. The van der Waals surface area contributed by atoms with Crippen molar-refractivity contribution in [3.63, 3.8) is 0 Å². The Balaban J connectivity index is 0.000000845. The van der Waals surface area contributed by atoms with E-state index >= 15 is 0 Å². The van der Waals surface area contributed by atoms with Gasteiger partial charge >= 0.3 is 23.9 Å². The first-order valence-electron chi connectivity index (χ1n) is 11.9. The number of carboxylic acids is 3. The van der Waals surface area contributed by atoms with Gasteiger partial charge in [-0.15, -0.1) is 0 Å². The van der Waals surface area contributed by atoms with Crippen molar-refractivity contribution in [1.82, 2.24) is 5.32 Å². The lowest BCUT2D eigenvalue weighted by Crippen LogP contribution is -2.58. The summed E-state index contributed by atoms with van der Waals surface area (Å²) < 4.78 is 5.03. The standard InChI is InChI=1S/C17H31N3O4.C6H8O7/c1-5-24-16(23)17(19)8-6-7-12(17)14(21)11(4)20-15(22)13(18)9-10(2)3;7-3(8)1-6(13,5(11)12)2-4(9)10/h10-13H,5-9,18-19H2,1-4H3,(H,20,22);13H,1-2H2,(H,7,8)(H,9,10)(H,11,12)/t11-,12?,13-,17?;/m0./s1. The molecule has 1 aliphatic carbocycles. The highest BCUT2D eigenvalue weighted by Gasteiger charge is 2.51. The summed E-state index contributed by atoms with van der Waals surface area (Å²) in [5.41, 5.74) is 8.00. The van der Waals surface area contributed by atoms with Crippen LogP contribution >= 0.6 is 0 Å². The maximum absolute atomic E-state index is 12.7. The number of nitrogens with one attached hydrogen (secondary N) is 1. The van der Waals surface area contributed by atoms with Crippen LogP contribution in [0.5, 0.6) is 0 Å². The van der Waals surface area contributed by atoms with Gasteiger partial charge in [-0.1, -0.05) is 20.3 Å². The molecule has 9 N–H and O–H groups in total. The first-order valence-corrected chi connectivity index (χ1v) is 11.9. The Morgan fingerprint density at radius 2 is 1.57 bits per heavy atom. The lowest BCUT2D eigenvalue weighted by atomic mass is 9.82. The molecule has 14 nitrogen and oxygen atoms in total. The molecule has 37 heavy (non-hydrogen) atoms. The summed E-state index contributed by atoms with van der Waals surface area (Å²) in [5, 5.41) is 36.5. The summed E-state index contributed by atoms with van der Waals surface area (Å²) in [5.74, 6) is -6.53. The van der Waals surface area contributed by atoms with E-state index in [1.165, 1.54) is 0 Å². The summed E-state index contributed by atoms with van der Waals surface area (Å²) in [6, 6.07) is -1.40. The summed E-state index contributed by atoms with van der Waals surface area (Å²) in [4.78, 5) is 67.4. The molecule has 0 bridgehead atoms. The molecule has 4 atom stereocenters. The number of Topliss-reactive ketones (excluding diaryl/α,β-unsaturated/α-hetero) is 1. The van der Waals surface area contributed by atoms with Crippen molar-refractivity contribution in [3.05, 3.63) is 0 Å². The Kier molecular flexibility index (Phi) is 13.4. The molecule has 1 fully saturated rings. The fraction of sp³-hybridized carbons (Fsp3) is 0.739. The van der Waals surface area contributed by atoms with E-state index in [0.29, 0.717) is 25.7 Å². The first kappa shape index (κ1) is 33.9. The maximum atomic E-state index is 12.7. The highest BCUT2D eigenvalue weighted by Crippen LogP contribution is 2.36. The highest BCUT2D eigenvalue weighted by atomic mass is 16.5. The molecule has 0 spiro atoms. The fourth-order valence-corrected chi connectivity index (χ4v) is 3.96. The highest BCUT2D eigenvalue weighted by molar-refractivity contribution is 5.97. The van der Waals surface area contributed by atoms with E-state index in [1.807, 2.05) is 13.8 Å². The molecule has 1 saturated carbocycles. The first-order chi connectivity index (χ1) is 16.9. The quantitative estimate of drug-likeness (QED) is 0.144. The van der Waals surface area contributed by atoms with Crippen LogP contribution in [0.2, 0.25) is 0 Å². The molecular formula is C23H39N3O11. The Morgan fingerprint density at radius 1 is 1.05 bits per heavy atom. The van der Waals surface area contributed by atoms with Crippen LogP contribution in [0.15, 0.2) is 0 Å². The van der Waals surface area contributed by atoms with Crippen molar-refractivity contribution >= 4 is 35.6 Å². The summed E-state index contributed by atoms with van der Waals surface area (Å²) >= 11 is 0. The summed E-state index contributed by atoms with van der Waals surface area (Å²) in [6.45, 7) is 7.47. The third-order valence-corrected chi connectivity index (χ3v) is 5.84. The van der Waals surface area contributed by atoms with Gasteiger partial charge in [-0.3, -0.25) is 24.0 Å². The average molecular weight is 534 g/mol. The lowest BCUT2D eigenvalue weighted by Gasteiger charge is -2.30. The smallest absolute Gasteiger partial charge is 0.336 e. The SMILES string of the molecule is CCOC(=O)C1(N)CCCC1C(=O)[C@H](C)NC(=O)[C@@H](N)CC(C)C.O=C(O)CC(O)(CC(=O)O)C(=O)O. The Morgan fingerprint density at radius 3 is 1.97 bits per heavy atom. The van der Waals surface area contributed by atoms with Crippen LogP contribution in [0.1, 0.15) is 66.2 Å². The van der Waals surface area contributed by atoms with Gasteiger partial charge in [-0.05, 0) is 39.0 Å². The monoisotopic (exact) mass is 533 g/mol. The molecule has 0 aliphatic heterocycles. The van der Waals surface area contributed by atoms with E-state index < -0.39 is 65.9 Å². The molecule has 0 radical (unpaired) electrons. The van der Waals surface area contributed by atoms with Crippen LogP contribution < -0.4 is 16.8 Å². The maximum Gasteiger partial charge on any atom is 0.336 e. The number of carboxylic acid groups (broad SMARTS) is 3. The Labute approximate surface area is 214 Å². The minimum absolute atomic E-state index is 0.217. The van der Waals surface area contributed by atoms with Crippen molar-refractivity contribution in [2.24, 2.45) is 23.3 Å². The van der Waals surface area contributed by atoms with E-state index in [4.69, 9.17) is 36.6 Å². The third-order valence-electron chi connectivity index (χ3n) is 5.84. The van der Waals surface area contributed by atoms with Crippen molar-refractivity contribution in [2.45, 2.75) is 89.4 Å².